The molecule has 2 aromatic carbocycles. The van der Waals surface area contributed by atoms with E-state index in [0.717, 1.165) is 40.0 Å². The summed E-state index contributed by atoms with van der Waals surface area (Å²) in [5.41, 5.74) is 0.771. The van der Waals surface area contributed by atoms with Crippen LogP contribution in [0.5, 0.6) is 0 Å². The van der Waals surface area contributed by atoms with Gasteiger partial charge in [-0.3, -0.25) is 4.90 Å². The Labute approximate surface area is 164 Å². The van der Waals surface area contributed by atoms with Crippen LogP contribution >= 0.6 is 11.5 Å². The minimum atomic E-state index is -4.22. The van der Waals surface area contributed by atoms with Crippen LogP contribution in [0.25, 0.3) is 10.1 Å². The van der Waals surface area contributed by atoms with Gasteiger partial charge < -0.3 is 0 Å². The Balaban J connectivity index is 1.48. The lowest BCUT2D eigenvalue weighted by Gasteiger charge is -2.35. The summed E-state index contributed by atoms with van der Waals surface area (Å²) in [6.07, 6.45) is -0.354. The number of likely N-dealkylation sites (tertiary alicyclic amines) is 1. The van der Waals surface area contributed by atoms with Crippen LogP contribution < -0.4 is 0 Å². The lowest BCUT2D eigenvalue weighted by molar-refractivity contribution is 0.115. The smallest absolute Gasteiger partial charge is 0.217 e. The predicted molar refractivity (Wildman–Crippen MR) is 102 cm³/mol. The Kier molecular flexibility index (Phi) is 4.93. The van der Waals surface area contributed by atoms with Crippen molar-refractivity contribution in [1.29, 1.82) is 0 Å². The molecule has 3 aromatic rings. The van der Waals surface area contributed by atoms with E-state index in [-0.39, 0.29) is 36.6 Å². The normalized spacial score (nSPS) is 17.8. The summed E-state index contributed by atoms with van der Waals surface area (Å²) in [5.74, 6) is -0.897. The van der Waals surface area contributed by atoms with Gasteiger partial charge in [-0.05, 0) is 54.0 Å². The molecule has 1 saturated heterocycles. The van der Waals surface area contributed by atoms with Gasteiger partial charge in [0, 0.05) is 37.9 Å². The molecule has 0 N–H and O–H groups in total. The first-order chi connectivity index (χ1) is 13.3. The molecule has 0 saturated carbocycles. The maximum atomic E-state index is 15.3. The summed E-state index contributed by atoms with van der Waals surface area (Å²) in [6, 6.07) is 8.69. The lowest BCUT2D eigenvalue weighted by Crippen LogP contribution is -2.46. The summed E-state index contributed by atoms with van der Waals surface area (Å²) in [5, 5.41) is -1.53. The van der Waals surface area contributed by atoms with Crippen LogP contribution in [-0.2, 0) is 16.4 Å². The van der Waals surface area contributed by atoms with E-state index < -0.39 is 20.7 Å². The number of sulfone groups is 1. The Hall–Kier alpha value is -1.97. The number of rotatable bonds is 4. The van der Waals surface area contributed by atoms with Crippen LogP contribution in [0.2, 0.25) is 0 Å². The molecule has 0 aliphatic carbocycles. The summed E-state index contributed by atoms with van der Waals surface area (Å²) >= 11 is 1.20. The molecular formula is C19H17F3N2O2S2. The number of benzene rings is 2. The van der Waals surface area contributed by atoms with Gasteiger partial charge in [0.05, 0.1) is 15.3 Å². The third-order valence-electron chi connectivity index (χ3n) is 5.09. The van der Waals surface area contributed by atoms with Crippen molar-refractivity contribution in [2.45, 2.75) is 29.3 Å². The molecule has 2 heterocycles. The first-order valence-electron chi connectivity index (χ1n) is 8.74. The molecule has 0 spiro atoms. The second-order valence-corrected chi connectivity index (χ2v) is 9.90. The average Bonchev–Trinajstić information content (AvgIpc) is 3.05. The fourth-order valence-corrected chi connectivity index (χ4v) is 5.88. The standard InChI is InChI=1S/C19H17F3N2O2S2/c20-13-1-4-15(5-2-13)28(25,26)19(22)7-9-24(10-8-19)12-17-16-6-3-14(21)11-18(16)27-23-17/h1-6,11H,7-10,12H2. The van der Waals surface area contributed by atoms with Gasteiger partial charge in [0.2, 0.25) is 14.8 Å². The van der Waals surface area contributed by atoms with Crippen molar-refractivity contribution < 1.29 is 21.6 Å². The van der Waals surface area contributed by atoms with Crippen LogP contribution in [-0.4, -0.2) is 35.8 Å². The number of halogens is 3. The summed E-state index contributed by atoms with van der Waals surface area (Å²) in [4.78, 5) is 1.73. The zero-order valence-corrected chi connectivity index (χ0v) is 16.4. The van der Waals surface area contributed by atoms with Crippen LogP contribution in [0.4, 0.5) is 13.2 Å². The maximum absolute atomic E-state index is 15.3. The Morgan fingerprint density at radius 2 is 1.68 bits per heavy atom. The van der Waals surface area contributed by atoms with Crippen molar-refractivity contribution in [1.82, 2.24) is 9.27 Å². The minimum Gasteiger partial charge on any atom is -0.297 e. The predicted octanol–water partition coefficient (Wildman–Crippen LogP) is 4.31. The highest BCUT2D eigenvalue weighted by Crippen LogP contribution is 2.37. The number of nitrogens with zero attached hydrogens (tertiary/aromatic N) is 2. The highest BCUT2D eigenvalue weighted by molar-refractivity contribution is 7.92. The van der Waals surface area contributed by atoms with E-state index in [2.05, 4.69) is 4.37 Å². The monoisotopic (exact) mass is 426 g/mol. The van der Waals surface area contributed by atoms with E-state index in [1.807, 2.05) is 4.90 Å². The first-order valence-corrected chi connectivity index (χ1v) is 11.0. The molecule has 148 valence electrons. The van der Waals surface area contributed by atoms with Crippen molar-refractivity contribution in [3.63, 3.8) is 0 Å². The van der Waals surface area contributed by atoms with E-state index >= 15 is 4.39 Å². The number of aromatic nitrogens is 1. The van der Waals surface area contributed by atoms with E-state index in [4.69, 9.17) is 0 Å². The van der Waals surface area contributed by atoms with Crippen molar-refractivity contribution in [3.05, 3.63) is 59.8 Å². The zero-order chi connectivity index (χ0) is 19.9. The van der Waals surface area contributed by atoms with Gasteiger partial charge in [0.15, 0.2) is 0 Å². The van der Waals surface area contributed by atoms with E-state index in [1.165, 1.54) is 23.7 Å². The topological polar surface area (TPSA) is 50.3 Å². The third kappa shape index (κ3) is 3.42. The largest absolute Gasteiger partial charge is 0.297 e. The number of fused-ring (bicyclic) bond motifs is 1. The second-order valence-electron chi connectivity index (χ2n) is 6.89. The second kappa shape index (κ2) is 7.13. The minimum absolute atomic E-state index is 0.177. The van der Waals surface area contributed by atoms with Gasteiger partial charge in [-0.2, -0.15) is 4.37 Å². The quantitative estimate of drug-likeness (QED) is 0.584. The van der Waals surface area contributed by atoms with Gasteiger partial charge in [-0.25, -0.2) is 21.6 Å². The Bertz CT molecular complexity index is 1110. The summed E-state index contributed by atoms with van der Waals surface area (Å²) in [6.45, 7) is 0.937. The molecular weight excluding hydrogens is 409 g/mol. The van der Waals surface area contributed by atoms with Crippen LogP contribution in [0.3, 0.4) is 0 Å². The van der Waals surface area contributed by atoms with Gasteiger partial charge >= 0.3 is 0 Å². The van der Waals surface area contributed by atoms with Crippen LogP contribution in [0.1, 0.15) is 18.5 Å². The SMILES string of the molecule is O=S(=O)(c1ccc(F)cc1)C1(F)CCN(Cc2nsc3cc(F)ccc23)CC1. The molecule has 1 aliphatic heterocycles. The first kappa shape index (κ1) is 19.4. The van der Waals surface area contributed by atoms with Gasteiger partial charge in [0.25, 0.3) is 0 Å². The number of hydrogen-bond acceptors (Lipinski definition) is 5. The molecule has 4 rings (SSSR count). The third-order valence-corrected chi connectivity index (χ3v) is 8.20. The van der Waals surface area contributed by atoms with Crippen LogP contribution in [0, 0.1) is 11.6 Å². The van der Waals surface area contributed by atoms with Gasteiger partial charge in [-0.1, -0.05) is 0 Å². The van der Waals surface area contributed by atoms with Crippen molar-refractivity contribution >= 4 is 31.5 Å². The highest BCUT2D eigenvalue weighted by Gasteiger charge is 2.47. The number of hydrogen-bond donors (Lipinski definition) is 0. The van der Waals surface area contributed by atoms with Crippen molar-refractivity contribution in [3.8, 4) is 0 Å². The molecule has 0 radical (unpaired) electrons. The van der Waals surface area contributed by atoms with Gasteiger partial charge in [-0.15, -0.1) is 0 Å². The maximum Gasteiger partial charge on any atom is 0.217 e. The van der Waals surface area contributed by atoms with Crippen molar-refractivity contribution in [2.24, 2.45) is 0 Å². The van der Waals surface area contributed by atoms with E-state index in [0.29, 0.717) is 6.54 Å². The lowest BCUT2D eigenvalue weighted by atomic mass is 10.1. The van der Waals surface area contributed by atoms with E-state index in [9.17, 15) is 17.2 Å². The highest BCUT2D eigenvalue weighted by atomic mass is 32.2. The number of piperidine rings is 1. The van der Waals surface area contributed by atoms with Gasteiger partial charge in [0.1, 0.15) is 11.6 Å². The molecule has 1 aliphatic rings. The molecule has 9 heteroatoms. The zero-order valence-electron chi connectivity index (χ0n) is 14.7. The molecule has 1 aromatic heterocycles. The molecule has 28 heavy (non-hydrogen) atoms. The summed E-state index contributed by atoms with van der Waals surface area (Å²) in [7, 11) is -4.22. The Morgan fingerprint density at radius 1 is 1.04 bits per heavy atom. The fraction of sp³-hybridized carbons (Fsp3) is 0.316. The molecule has 1 fully saturated rings. The molecule has 0 bridgehead atoms. The average molecular weight is 426 g/mol. The molecule has 0 amide bonds. The van der Waals surface area contributed by atoms with Crippen molar-refractivity contribution in [2.75, 3.05) is 13.1 Å². The number of alkyl halides is 1. The van der Waals surface area contributed by atoms with E-state index in [1.54, 1.807) is 6.07 Å². The summed E-state index contributed by atoms with van der Waals surface area (Å²) < 4.78 is 72.2. The van der Waals surface area contributed by atoms with Crippen LogP contribution in [0.15, 0.2) is 47.4 Å². The Morgan fingerprint density at radius 3 is 2.36 bits per heavy atom. The molecule has 0 atom stereocenters. The molecule has 4 nitrogen and oxygen atoms in total. The fourth-order valence-electron chi connectivity index (χ4n) is 3.43. The molecule has 0 unspecified atom stereocenters.